The van der Waals surface area contributed by atoms with Crippen molar-refractivity contribution < 1.29 is 9.90 Å². The Labute approximate surface area is 73.1 Å². The standard InChI is InChI=1S/C8H18N2O2/c1-3-7(4-9)8(12)10-5-6(2)11/h6-7,11H,3-5,9H2,1-2H3,(H,10,12)/t6-,7?/m1/s1. The number of hydrogen-bond acceptors (Lipinski definition) is 3. The fourth-order valence-electron chi connectivity index (χ4n) is 0.852. The quantitative estimate of drug-likeness (QED) is 0.524. The highest BCUT2D eigenvalue weighted by molar-refractivity contribution is 5.78. The third kappa shape index (κ3) is 4.31. The van der Waals surface area contributed by atoms with Crippen LogP contribution in [-0.4, -0.2) is 30.2 Å². The smallest absolute Gasteiger partial charge is 0.224 e. The molecular formula is C8H18N2O2. The van der Waals surface area contributed by atoms with Crippen molar-refractivity contribution in [2.24, 2.45) is 11.7 Å². The average molecular weight is 174 g/mol. The number of aliphatic hydroxyl groups excluding tert-OH is 1. The molecule has 0 aliphatic carbocycles. The van der Waals surface area contributed by atoms with Gasteiger partial charge in [0, 0.05) is 19.0 Å². The van der Waals surface area contributed by atoms with Gasteiger partial charge in [0.25, 0.3) is 0 Å². The fourth-order valence-corrected chi connectivity index (χ4v) is 0.852. The molecule has 0 saturated heterocycles. The molecule has 0 radical (unpaired) electrons. The van der Waals surface area contributed by atoms with E-state index in [1.54, 1.807) is 6.92 Å². The molecule has 4 N–H and O–H groups in total. The number of amides is 1. The van der Waals surface area contributed by atoms with Crippen LogP contribution in [0, 0.1) is 5.92 Å². The van der Waals surface area contributed by atoms with Crippen LogP contribution in [0.2, 0.25) is 0 Å². The van der Waals surface area contributed by atoms with Crippen molar-refractivity contribution in [2.45, 2.75) is 26.4 Å². The summed E-state index contributed by atoms with van der Waals surface area (Å²) >= 11 is 0. The van der Waals surface area contributed by atoms with E-state index in [1.807, 2.05) is 6.92 Å². The number of nitrogens with two attached hydrogens (primary N) is 1. The molecule has 0 aromatic heterocycles. The molecule has 1 unspecified atom stereocenters. The van der Waals surface area contributed by atoms with Gasteiger partial charge < -0.3 is 16.2 Å². The summed E-state index contributed by atoms with van der Waals surface area (Å²) in [5, 5.41) is 11.5. The van der Waals surface area contributed by atoms with Crippen molar-refractivity contribution in [3.63, 3.8) is 0 Å². The highest BCUT2D eigenvalue weighted by Gasteiger charge is 2.13. The summed E-state index contributed by atoms with van der Waals surface area (Å²) < 4.78 is 0. The van der Waals surface area contributed by atoms with Gasteiger partial charge in [-0.3, -0.25) is 4.79 Å². The van der Waals surface area contributed by atoms with E-state index in [9.17, 15) is 4.79 Å². The maximum Gasteiger partial charge on any atom is 0.224 e. The number of carbonyl (C=O) groups is 1. The van der Waals surface area contributed by atoms with Gasteiger partial charge in [0.2, 0.25) is 5.91 Å². The first-order valence-electron chi connectivity index (χ1n) is 4.27. The summed E-state index contributed by atoms with van der Waals surface area (Å²) in [6, 6.07) is 0. The molecule has 0 fully saturated rings. The molecule has 1 amide bonds. The second-order valence-electron chi connectivity index (χ2n) is 2.94. The Morgan fingerprint density at radius 1 is 1.67 bits per heavy atom. The molecule has 0 saturated carbocycles. The summed E-state index contributed by atoms with van der Waals surface area (Å²) in [5.74, 6) is -0.190. The van der Waals surface area contributed by atoms with Crippen molar-refractivity contribution in [3.05, 3.63) is 0 Å². The van der Waals surface area contributed by atoms with E-state index in [-0.39, 0.29) is 11.8 Å². The van der Waals surface area contributed by atoms with E-state index in [2.05, 4.69) is 5.32 Å². The summed E-state index contributed by atoms with van der Waals surface area (Å²) in [6.45, 7) is 4.21. The molecule has 2 atom stereocenters. The lowest BCUT2D eigenvalue weighted by molar-refractivity contribution is -0.125. The molecule has 0 aromatic rings. The van der Waals surface area contributed by atoms with E-state index in [0.29, 0.717) is 13.1 Å². The third-order valence-electron chi connectivity index (χ3n) is 1.72. The van der Waals surface area contributed by atoms with Crippen molar-refractivity contribution in [1.29, 1.82) is 0 Å². The Kier molecular flexibility index (Phi) is 5.66. The molecule has 0 rings (SSSR count). The number of carbonyl (C=O) groups excluding carboxylic acids is 1. The molecule has 0 aromatic carbocycles. The SMILES string of the molecule is CCC(CN)C(=O)NC[C@@H](C)O. The highest BCUT2D eigenvalue weighted by atomic mass is 16.3. The molecule has 4 heteroatoms. The summed E-state index contributed by atoms with van der Waals surface area (Å²) in [5.41, 5.74) is 5.37. The fraction of sp³-hybridized carbons (Fsp3) is 0.875. The van der Waals surface area contributed by atoms with Crippen LogP contribution in [0.5, 0.6) is 0 Å². The molecule has 12 heavy (non-hydrogen) atoms. The average Bonchev–Trinajstić information content (AvgIpc) is 2.03. The Morgan fingerprint density at radius 3 is 2.58 bits per heavy atom. The van der Waals surface area contributed by atoms with Crippen LogP contribution in [0.1, 0.15) is 20.3 Å². The summed E-state index contributed by atoms with van der Waals surface area (Å²) in [4.78, 5) is 11.2. The van der Waals surface area contributed by atoms with Gasteiger partial charge in [-0.15, -0.1) is 0 Å². The van der Waals surface area contributed by atoms with Gasteiger partial charge >= 0.3 is 0 Å². The first kappa shape index (κ1) is 11.4. The normalized spacial score (nSPS) is 15.3. The lowest BCUT2D eigenvalue weighted by Crippen LogP contribution is -2.38. The summed E-state index contributed by atoms with van der Waals surface area (Å²) in [6.07, 6.45) is 0.242. The molecule has 0 spiro atoms. The minimum absolute atomic E-state index is 0.0686. The van der Waals surface area contributed by atoms with E-state index >= 15 is 0 Å². The molecule has 0 aliphatic rings. The van der Waals surface area contributed by atoms with Crippen LogP contribution in [0.3, 0.4) is 0 Å². The predicted molar refractivity (Wildman–Crippen MR) is 47.5 cm³/mol. The van der Waals surface area contributed by atoms with E-state index in [1.165, 1.54) is 0 Å². The van der Waals surface area contributed by atoms with Gasteiger partial charge in [-0.05, 0) is 13.3 Å². The number of rotatable bonds is 5. The summed E-state index contributed by atoms with van der Waals surface area (Å²) in [7, 11) is 0. The molecule has 0 bridgehead atoms. The van der Waals surface area contributed by atoms with E-state index in [4.69, 9.17) is 10.8 Å². The minimum Gasteiger partial charge on any atom is -0.392 e. The monoisotopic (exact) mass is 174 g/mol. The zero-order valence-corrected chi connectivity index (χ0v) is 7.71. The van der Waals surface area contributed by atoms with Gasteiger partial charge in [0.15, 0.2) is 0 Å². The van der Waals surface area contributed by atoms with Crippen LogP contribution in [0.15, 0.2) is 0 Å². The third-order valence-corrected chi connectivity index (χ3v) is 1.72. The topological polar surface area (TPSA) is 75.4 Å². The highest BCUT2D eigenvalue weighted by Crippen LogP contribution is 1.98. The van der Waals surface area contributed by atoms with Gasteiger partial charge in [0.1, 0.15) is 0 Å². The molecule has 72 valence electrons. The van der Waals surface area contributed by atoms with Crippen molar-refractivity contribution in [2.75, 3.05) is 13.1 Å². The second-order valence-corrected chi connectivity index (χ2v) is 2.94. The Morgan fingerprint density at radius 2 is 2.25 bits per heavy atom. The van der Waals surface area contributed by atoms with Crippen LogP contribution in [0.4, 0.5) is 0 Å². The van der Waals surface area contributed by atoms with Gasteiger partial charge in [-0.25, -0.2) is 0 Å². The van der Waals surface area contributed by atoms with Gasteiger partial charge in [-0.1, -0.05) is 6.92 Å². The van der Waals surface area contributed by atoms with Crippen LogP contribution >= 0.6 is 0 Å². The lowest BCUT2D eigenvalue weighted by Gasteiger charge is -2.13. The Bertz CT molecular complexity index is 133. The molecular weight excluding hydrogens is 156 g/mol. The zero-order chi connectivity index (χ0) is 9.56. The predicted octanol–water partition coefficient (Wildman–Crippen LogP) is -0.532. The Hall–Kier alpha value is -0.610. The maximum atomic E-state index is 11.2. The van der Waals surface area contributed by atoms with Gasteiger partial charge in [0.05, 0.1) is 6.10 Å². The zero-order valence-electron chi connectivity index (χ0n) is 7.71. The molecule has 0 heterocycles. The number of hydrogen-bond donors (Lipinski definition) is 3. The molecule has 0 aliphatic heterocycles. The minimum atomic E-state index is -0.496. The largest absolute Gasteiger partial charge is 0.392 e. The number of aliphatic hydroxyl groups is 1. The number of nitrogens with one attached hydrogen (secondary N) is 1. The maximum absolute atomic E-state index is 11.2. The van der Waals surface area contributed by atoms with Crippen molar-refractivity contribution in [1.82, 2.24) is 5.32 Å². The lowest BCUT2D eigenvalue weighted by atomic mass is 10.1. The first-order valence-corrected chi connectivity index (χ1v) is 4.27. The van der Waals surface area contributed by atoms with Crippen LogP contribution in [0.25, 0.3) is 0 Å². The van der Waals surface area contributed by atoms with E-state index in [0.717, 1.165) is 6.42 Å². The Balaban J connectivity index is 3.69. The van der Waals surface area contributed by atoms with Gasteiger partial charge in [-0.2, -0.15) is 0 Å². The van der Waals surface area contributed by atoms with Crippen molar-refractivity contribution >= 4 is 5.91 Å². The van der Waals surface area contributed by atoms with Crippen molar-refractivity contribution in [3.8, 4) is 0 Å². The molecule has 4 nitrogen and oxygen atoms in total. The van der Waals surface area contributed by atoms with E-state index < -0.39 is 6.10 Å². The van der Waals surface area contributed by atoms with Crippen LogP contribution in [-0.2, 0) is 4.79 Å². The first-order chi connectivity index (χ1) is 5.61. The second kappa shape index (κ2) is 5.97. The van der Waals surface area contributed by atoms with Crippen LogP contribution < -0.4 is 11.1 Å².